The molecule has 0 spiro atoms. The summed E-state index contributed by atoms with van der Waals surface area (Å²) in [6.45, 7) is 1.50. The average Bonchev–Trinajstić information content (AvgIpc) is 2.19. The summed E-state index contributed by atoms with van der Waals surface area (Å²) in [7, 11) is 0. The molecule has 0 saturated carbocycles. The first-order valence-electron chi connectivity index (χ1n) is 4.37. The fraction of sp³-hybridized carbons (Fsp3) is 0.182. The van der Waals surface area contributed by atoms with E-state index in [1.54, 1.807) is 12.1 Å². The third-order valence-electron chi connectivity index (χ3n) is 1.66. The van der Waals surface area contributed by atoms with E-state index in [0.717, 1.165) is 11.8 Å². The normalized spacial score (nSPS) is 9.44. The zero-order chi connectivity index (χ0) is 12.1. The molecule has 0 aliphatic rings. The number of carbonyl (C=O) groups excluding carboxylic acids is 1. The molecule has 1 aromatic carbocycles. The molecule has 0 bridgehead atoms. The smallest absolute Gasteiger partial charge is 0.186 e. The second kappa shape index (κ2) is 6.05. The van der Waals surface area contributed by atoms with E-state index in [9.17, 15) is 4.79 Å². The van der Waals surface area contributed by atoms with Crippen molar-refractivity contribution in [3.63, 3.8) is 0 Å². The van der Waals surface area contributed by atoms with Gasteiger partial charge in [0.25, 0.3) is 0 Å². The Morgan fingerprint density at radius 2 is 2.19 bits per heavy atom. The van der Waals surface area contributed by atoms with Gasteiger partial charge in [-0.2, -0.15) is 0 Å². The molecule has 2 N–H and O–H groups in total. The van der Waals surface area contributed by atoms with Crippen molar-refractivity contribution >= 4 is 45.8 Å². The SMILES string of the molecule is CC(=O)SCC#Cc1cc(Cl)cc(Cl)c1N. The van der Waals surface area contributed by atoms with Gasteiger partial charge in [0.2, 0.25) is 0 Å². The van der Waals surface area contributed by atoms with Crippen molar-refractivity contribution in [1.29, 1.82) is 0 Å². The molecule has 16 heavy (non-hydrogen) atoms. The molecular formula is C11H9Cl2NOS. The zero-order valence-electron chi connectivity index (χ0n) is 8.51. The van der Waals surface area contributed by atoms with Crippen molar-refractivity contribution in [2.24, 2.45) is 0 Å². The first-order chi connectivity index (χ1) is 7.50. The summed E-state index contributed by atoms with van der Waals surface area (Å²) in [4.78, 5) is 10.7. The molecule has 1 rings (SSSR count). The third-order valence-corrected chi connectivity index (χ3v) is 2.89. The highest BCUT2D eigenvalue weighted by Crippen LogP contribution is 2.26. The number of thioether (sulfide) groups is 1. The lowest BCUT2D eigenvalue weighted by molar-refractivity contribution is -0.109. The van der Waals surface area contributed by atoms with Crippen LogP contribution in [0.25, 0.3) is 0 Å². The highest BCUT2D eigenvalue weighted by atomic mass is 35.5. The summed E-state index contributed by atoms with van der Waals surface area (Å²) < 4.78 is 0. The third kappa shape index (κ3) is 3.97. The van der Waals surface area contributed by atoms with Crippen molar-refractivity contribution in [2.75, 3.05) is 11.5 Å². The van der Waals surface area contributed by atoms with Gasteiger partial charge in [-0.25, -0.2) is 0 Å². The topological polar surface area (TPSA) is 43.1 Å². The molecule has 5 heteroatoms. The van der Waals surface area contributed by atoms with Gasteiger partial charge in [-0.15, -0.1) is 0 Å². The average molecular weight is 274 g/mol. The molecule has 0 saturated heterocycles. The lowest BCUT2D eigenvalue weighted by Crippen LogP contribution is -1.92. The number of halogens is 2. The van der Waals surface area contributed by atoms with Crippen LogP contribution in [0.4, 0.5) is 5.69 Å². The van der Waals surface area contributed by atoms with E-state index in [4.69, 9.17) is 28.9 Å². The maximum absolute atomic E-state index is 10.7. The van der Waals surface area contributed by atoms with Gasteiger partial charge in [0.15, 0.2) is 5.12 Å². The van der Waals surface area contributed by atoms with Gasteiger partial charge in [0.05, 0.1) is 22.0 Å². The molecule has 0 atom stereocenters. The Labute approximate surface area is 108 Å². The Hall–Kier alpha value is -0.820. The minimum Gasteiger partial charge on any atom is -0.397 e. The first kappa shape index (κ1) is 13.2. The van der Waals surface area contributed by atoms with Gasteiger partial charge in [0, 0.05) is 11.9 Å². The van der Waals surface area contributed by atoms with Crippen LogP contribution >= 0.6 is 35.0 Å². The largest absolute Gasteiger partial charge is 0.397 e. The van der Waals surface area contributed by atoms with Crippen molar-refractivity contribution < 1.29 is 4.79 Å². The van der Waals surface area contributed by atoms with Gasteiger partial charge in [0.1, 0.15) is 0 Å². The standard InChI is InChI=1S/C11H9Cl2NOS/c1-7(15)16-4-2-3-8-5-9(12)6-10(13)11(8)14/h5-6H,4,14H2,1H3. The van der Waals surface area contributed by atoms with Gasteiger partial charge in [-0.1, -0.05) is 46.8 Å². The molecule has 0 fully saturated rings. The van der Waals surface area contributed by atoms with Crippen LogP contribution in [0.1, 0.15) is 12.5 Å². The van der Waals surface area contributed by atoms with E-state index in [-0.39, 0.29) is 5.12 Å². The molecule has 0 heterocycles. The van der Waals surface area contributed by atoms with Crippen LogP contribution in [-0.4, -0.2) is 10.9 Å². The predicted molar refractivity (Wildman–Crippen MR) is 70.9 cm³/mol. The number of hydrogen-bond donors (Lipinski definition) is 1. The molecule has 0 aliphatic carbocycles. The minimum absolute atomic E-state index is 0.0337. The van der Waals surface area contributed by atoms with Crippen molar-refractivity contribution in [1.82, 2.24) is 0 Å². The Morgan fingerprint density at radius 1 is 1.50 bits per heavy atom. The maximum atomic E-state index is 10.7. The van der Waals surface area contributed by atoms with Crippen LogP contribution in [0.5, 0.6) is 0 Å². The first-order valence-corrected chi connectivity index (χ1v) is 6.11. The fourth-order valence-electron chi connectivity index (χ4n) is 0.957. The van der Waals surface area contributed by atoms with E-state index in [1.807, 2.05) is 0 Å². The number of carbonyl (C=O) groups is 1. The maximum Gasteiger partial charge on any atom is 0.186 e. The van der Waals surface area contributed by atoms with Crippen molar-refractivity contribution in [3.05, 3.63) is 27.7 Å². The molecule has 1 aromatic rings. The van der Waals surface area contributed by atoms with Crippen LogP contribution in [0.15, 0.2) is 12.1 Å². The Morgan fingerprint density at radius 3 is 2.81 bits per heavy atom. The second-order valence-corrected chi connectivity index (χ2v) is 4.93. The van der Waals surface area contributed by atoms with Gasteiger partial charge in [-0.3, -0.25) is 4.79 Å². The van der Waals surface area contributed by atoms with Crippen LogP contribution in [0.2, 0.25) is 10.0 Å². The van der Waals surface area contributed by atoms with Crippen LogP contribution in [0.3, 0.4) is 0 Å². The Bertz CT molecular complexity index is 477. The Balaban J connectivity index is 2.84. The van der Waals surface area contributed by atoms with Gasteiger partial charge < -0.3 is 5.73 Å². The van der Waals surface area contributed by atoms with Crippen LogP contribution in [-0.2, 0) is 4.79 Å². The zero-order valence-corrected chi connectivity index (χ0v) is 10.8. The summed E-state index contributed by atoms with van der Waals surface area (Å²) in [5.41, 5.74) is 6.72. The Kier molecular flexibility index (Phi) is 5.01. The minimum atomic E-state index is 0.0337. The van der Waals surface area contributed by atoms with Crippen LogP contribution in [0, 0.1) is 11.8 Å². The second-order valence-electron chi connectivity index (χ2n) is 2.93. The number of benzene rings is 1. The number of nitrogen functional groups attached to an aromatic ring is 1. The monoisotopic (exact) mass is 273 g/mol. The lowest BCUT2D eigenvalue weighted by Gasteiger charge is -2.01. The molecule has 84 valence electrons. The summed E-state index contributed by atoms with van der Waals surface area (Å²) >= 11 is 12.8. The number of nitrogens with two attached hydrogens (primary N) is 1. The quantitative estimate of drug-likeness (QED) is 0.631. The summed E-state index contributed by atoms with van der Waals surface area (Å²) in [5, 5.41) is 0.908. The molecule has 0 amide bonds. The van der Waals surface area contributed by atoms with Crippen molar-refractivity contribution in [3.8, 4) is 11.8 Å². The summed E-state index contributed by atoms with van der Waals surface area (Å²) in [6, 6.07) is 3.21. The van der Waals surface area contributed by atoms with E-state index < -0.39 is 0 Å². The van der Waals surface area contributed by atoms with E-state index in [2.05, 4.69) is 11.8 Å². The number of anilines is 1. The van der Waals surface area contributed by atoms with Gasteiger partial charge in [-0.05, 0) is 12.1 Å². The molecule has 0 radical (unpaired) electrons. The van der Waals surface area contributed by atoms with E-state index in [1.165, 1.54) is 6.92 Å². The highest BCUT2D eigenvalue weighted by Gasteiger charge is 2.03. The van der Waals surface area contributed by atoms with E-state index >= 15 is 0 Å². The van der Waals surface area contributed by atoms with Crippen molar-refractivity contribution in [2.45, 2.75) is 6.92 Å². The highest BCUT2D eigenvalue weighted by molar-refractivity contribution is 8.13. The molecule has 0 aromatic heterocycles. The molecular weight excluding hydrogens is 265 g/mol. The van der Waals surface area contributed by atoms with Crippen LogP contribution < -0.4 is 5.73 Å². The molecule has 0 aliphatic heterocycles. The fourth-order valence-corrected chi connectivity index (χ4v) is 1.80. The van der Waals surface area contributed by atoms with Gasteiger partial charge >= 0.3 is 0 Å². The lowest BCUT2D eigenvalue weighted by atomic mass is 10.2. The molecule has 0 unspecified atom stereocenters. The predicted octanol–water partition coefficient (Wildman–Crippen LogP) is 3.21. The number of hydrogen-bond acceptors (Lipinski definition) is 3. The van der Waals surface area contributed by atoms with E-state index in [0.29, 0.717) is 27.0 Å². The summed E-state index contributed by atoms with van der Waals surface area (Å²) in [6.07, 6.45) is 0. The molecule has 2 nitrogen and oxygen atoms in total. The summed E-state index contributed by atoms with van der Waals surface area (Å²) in [5.74, 6) is 6.09. The number of rotatable bonds is 1.